The van der Waals surface area contributed by atoms with Crippen LogP contribution in [0, 0.1) is 5.92 Å². The Hall–Kier alpha value is -1.06. The fourth-order valence-electron chi connectivity index (χ4n) is 1.71. The maximum absolute atomic E-state index is 11.9. The van der Waals surface area contributed by atoms with E-state index in [1.165, 1.54) is 0 Å². The van der Waals surface area contributed by atoms with Crippen molar-refractivity contribution in [3.05, 3.63) is 34.9 Å². The summed E-state index contributed by atoms with van der Waals surface area (Å²) in [4.78, 5) is 11.9. The zero-order chi connectivity index (χ0) is 13.5. The number of benzene rings is 1. The summed E-state index contributed by atoms with van der Waals surface area (Å²) in [5, 5.41) is 6.83. The highest BCUT2D eigenvalue weighted by Crippen LogP contribution is 2.22. The van der Waals surface area contributed by atoms with Crippen molar-refractivity contribution in [3.63, 3.8) is 0 Å². The third-order valence-corrected chi connectivity index (χ3v) is 3.22. The minimum absolute atomic E-state index is 0.0448. The Bertz CT molecular complexity index is 395. The molecule has 0 aromatic heterocycles. The SMILES string of the molecule is CCNCC(C)C(=O)N[C@H](C)c1ccccc1Cl. The second-order valence-corrected chi connectivity index (χ2v) is 4.87. The van der Waals surface area contributed by atoms with Gasteiger partial charge in [-0.3, -0.25) is 4.79 Å². The lowest BCUT2D eigenvalue weighted by Gasteiger charge is -2.19. The van der Waals surface area contributed by atoms with E-state index in [2.05, 4.69) is 10.6 Å². The molecule has 0 fully saturated rings. The quantitative estimate of drug-likeness (QED) is 0.833. The molecule has 100 valence electrons. The summed E-state index contributed by atoms with van der Waals surface area (Å²) in [6.07, 6.45) is 0. The first kappa shape index (κ1) is 15.0. The highest BCUT2D eigenvalue weighted by Gasteiger charge is 2.16. The van der Waals surface area contributed by atoms with Crippen LogP contribution in [-0.2, 0) is 4.79 Å². The predicted octanol–water partition coefficient (Wildman–Crippen LogP) is 2.76. The van der Waals surface area contributed by atoms with Gasteiger partial charge in [-0.05, 0) is 25.1 Å². The van der Waals surface area contributed by atoms with Crippen molar-refractivity contribution in [2.45, 2.75) is 26.8 Å². The predicted molar refractivity (Wildman–Crippen MR) is 75.7 cm³/mol. The van der Waals surface area contributed by atoms with E-state index in [0.717, 1.165) is 12.1 Å². The van der Waals surface area contributed by atoms with Crippen LogP contribution in [0.2, 0.25) is 5.02 Å². The molecule has 0 aliphatic carbocycles. The van der Waals surface area contributed by atoms with Crippen LogP contribution in [-0.4, -0.2) is 19.0 Å². The molecular weight excluding hydrogens is 248 g/mol. The van der Waals surface area contributed by atoms with Crippen LogP contribution in [0.25, 0.3) is 0 Å². The van der Waals surface area contributed by atoms with Gasteiger partial charge in [0.15, 0.2) is 0 Å². The first-order valence-corrected chi connectivity index (χ1v) is 6.69. The molecule has 0 aliphatic heterocycles. The number of nitrogens with one attached hydrogen (secondary N) is 2. The minimum Gasteiger partial charge on any atom is -0.349 e. The molecule has 1 aromatic carbocycles. The van der Waals surface area contributed by atoms with Crippen molar-refractivity contribution < 1.29 is 4.79 Å². The normalized spacial score (nSPS) is 14.0. The summed E-state index contributed by atoms with van der Waals surface area (Å²) in [6.45, 7) is 7.45. The van der Waals surface area contributed by atoms with E-state index in [1.807, 2.05) is 45.0 Å². The summed E-state index contributed by atoms with van der Waals surface area (Å²) < 4.78 is 0. The maximum Gasteiger partial charge on any atom is 0.224 e. The van der Waals surface area contributed by atoms with Crippen LogP contribution >= 0.6 is 11.6 Å². The average molecular weight is 269 g/mol. The van der Waals surface area contributed by atoms with Gasteiger partial charge >= 0.3 is 0 Å². The standard InChI is InChI=1S/C14H21ClN2O/c1-4-16-9-10(2)14(18)17-11(3)12-7-5-6-8-13(12)15/h5-8,10-11,16H,4,9H2,1-3H3,(H,17,18)/t10?,11-/m1/s1. The largest absolute Gasteiger partial charge is 0.349 e. The van der Waals surface area contributed by atoms with Crippen molar-refractivity contribution >= 4 is 17.5 Å². The van der Waals surface area contributed by atoms with E-state index >= 15 is 0 Å². The molecule has 0 saturated carbocycles. The molecule has 0 spiro atoms. The molecule has 0 heterocycles. The second-order valence-electron chi connectivity index (χ2n) is 4.46. The van der Waals surface area contributed by atoms with Crippen molar-refractivity contribution in [1.82, 2.24) is 10.6 Å². The first-order chi connectivity index (χ1) is 8.56. The van der Waals surface area contributed by atoms with Crippen LogP contribution in [0.4, 0.5) is 0 Å². The highest BCUT2D eigenvalue weighted by atomic mass is 35.5. The van der Waals surface area contributed by atoms with Gasteiger partial charge in [-0.1, -0.05) is 43.6 Å². The number of hydrogen-bond donors (Lipinski definition) is 2. The fourth-order valence-corrected chi connectivity index (χ4v) is 2.01. The molecule has 1 unspecified atom stereocenters. The Labute approximate surface area is 114 Å². The number of carbonyl (C=O) groups excluding carboxylic acids is 1. The van der Waals surface area contributed by atoms with Crippen LogP contribution in [0.1, 0.15) is 32.4 Å². The van der Waals surface area contributed by atoms with Gasteiger partial charge in [0.1, 0.15) is 0 Å². The first-order valence-electron chi connectivity index (χ1n) is 6.31. The van der Waals surface area contributed by atoms with Crippen LogP contribution in [0.5, 0.6) is 0 Å². The van der Waals surface area contributed by atoms with Gasteiger partial charge in [0.05, 0.1) is 6.04 Å². The molecule has 2 N–H and O–H groups in total. The number of carbonyl (C=O) groups is 1. The van der Waals surface area contributed by atoms with Crippen molar-refractivity contribution in [2.75, 3.05) is 13.1 Å². The summed E-state index contributed by atoms with van der Waals surface area (Å²) in [5.74, 6) is -0.00161. The molecule has 2 atom stereocenters. The van der Waals surface area contributed by atoms with Gasteiger partial charge in [0.25, 0.3) is 0 Å². The summed E-state index contributed by atoms with van der Waals surface area (Å²) in [7, 11) is 0. The second kappa shape index (κ2) is 7.39. The summed E-state index contributed by atoms with van der Waals surface area (Å²) >= 11 is 6.10. The Morgan fingerprint density at radius 1 is 1.33 bits per heavy atom. The van der Waals surface area contributed by atoms with Crippen LogP contribution in [0.15, 0.2) is 24.3 Å². The van der Waals surface area contributed by atoms with E-state index in [4.69, 9.17) is 11.6 Å². The van der Waals surface area contributed by atoms with Gasteiger partial charge < -0.3 is 10.6 Å². The number of rotatable bonds is 6. The smallest absolute Gasteiger partial charge is 0.224 e. The molecule has 3 nitrogen and oxygen atoms in total. The molecule has 1 aromatic rings. The van der Waals surface area contributed by atoms with Gasteiger partial charge in [0.2, 0.25) is 5.91 Å². The summed E-state index contributed by atoms with van der Waals surface area (Å²) in [6, 6.07) is 7.50. The molecule has 4 heteroatoms. The van der Waals surface area contributed by atoms with Crippen LogP contribution in [0.3, 0.4) is 0 Å². The molecule has 1 rings (SSSR count). The third-order valence-electron chi connectivity index (χ3n) is 2.88. The van der Waals surface area contributed by atoms with E-state index in [0.29, 0.717) is 11.6 Å². The lowest BCUT2D eigenvalue weighted by Crippen LogP contribution is -2.36. The lowest BCUT2D eigenvalue weighted by atomic mass is 10.1. The van der Waals surface area contributed by atoms with Crippen LogP contribution < -0.4 is 10.6 Å². The Morgan fingerprint density at radius 3 is 2.61 bits per heavy atom. The summed E-state index contributed by atoms with van der Waals surface area (Å²) in [5.41, 5.74) is 0.947. The molecular formula is C14H21ClN2O. The topological polar surface area (TPSA) is 41.1 Å². The monoisotopic (exact) mass is 268 g/mol. The molecule has 0 saturated heterocycles. The van der Waals surface area contributed by atoms with E-state index in [9.17, 15) is 4.79 Å². The zero-order valence-corrected chi connectivity index (χ0v) is 11.9. The van der Waals surface area contributed by atoms with Gasteiger partial charge in [0, 0.05) is 17.5 Å². The highest BCUT2D eigenvalue weighted by molar-refractivity contribution is 6.31. The van der Waals surface area contributed by atoms with Gasteiger partial charge in [-0.2, -0.15) is 0 Å². The molecule has 0 aliphatic rings. The lowest BCUT2D eigenvalue weighted by molar-refractivity contribution is -0.125. The number of hydrogen-bond acceptors (Lipinski definition) is 2. The van der Waals surface area contributed by atoms with Crippen molar-refractivity contribution in [3.8, 4) is 0 Å². The molecule has 0 radical (unpaired) electrons. The average Bonchev–Trinajstić information content (AvgIpc) is 2.36. The molecule has 1 amide bonds. The number of halogens is 1. The minimum atomic E-state index is -0.0738. The Kier molecular flexibility index (Phi) is 6.16. The molecule has 0 bridgehead atoms. The van der Waals surface area contributed by atoms with E-state index in [1.54, 1.807) is 0 Å². The van der Waals surface area contributed by atoms with Gasteiger partial charge in [-0.25, -0.2) is 0 Å². The van der Waals surface area contributed by atoms with Crippen molar-refractivity contribution in [1.29, 1.82) is 0 Å². The fraction of sp³-hybridized carbons (Fsp3) is 0.500. The zero-order valence-electron chi connectivity index (χ0n) is 11.2. The Morgan fingerprint density at radius 2 is 2.00 bits per heavy atom. The number of amides is 1. The Balaban J connectivity index is 2.57. The van der Waals surface area contributed by atoms with E-state index in [-0.39, 0.29) is 17.9 Å². The van der Waals surface area contributed by atoms with Gasteiger partial charge in [-0.15, -0.1) is 0 Å². The maximum atomic E-state index is 11.9. The molecule has 18 heavy (non-hydrogen) atoms. The third kappa shape index (κ3) is 4.31. The van der Waals surface area contributed by atoms with Crippen molar-refractivity contribution in [2.24, 2.45) is 5.92 Å². The van der Waals surface area contributed by atoms with E-state index < -0.39 is 0 Å².